The van der Waals surface area contributed by atoms with E-state index in [1.807, 2.05) is 27.1 Å². The summed E-state index contributed by atoms with van der Waals surface area (Å²) in [4.78, 5) is 29.9. The van der Waals surface area contributed by atoms with Crippen molar-refractivity contribution in [3.05, 3.63) is 56.7 Å². The van der Waals surface area contributed by atoms with E-state index in [1.54, 1.807) is 35.4 Å². The zero-order chi connectivity index (χ0) is 20.6. The highest BCUT2D eigenvalue weighted by Gasteiger charge is 2.06. The predicted molar refractivity (Wildman–Crippen MR) is 140 cm³/mol. The Balaban J connectivity index is 0.00000320. The van der Waals surface area contributed by atoms with Crippen LogP contribution in [0.15, 0.2) is 34.7 Å². The first-order valence-corrected chi connectivity index (χ1v) is 11.1. The van der Waals surface area contributed by atoms with Gasteiger partial charge in [0.15, 0.2) is 0 Å². The number of aryl methyl sites for hydroxylation is 1. The van der Waals surface area contributed by atoms with Gasteiger partial charge in [-0.15, -0.1) is 48.6 Å². The number of ether oxygens (including phenoxy) is 1. The number of hydrogen-bond acceptors (Lipinski definition) is 9. The minimum atomic E-state index is -0.341. The predicted octanol–water partition coefficient (Wildman–Crippen LogP) is 4.39. The van der Waals surface area contributed by atoms with Crippen molar-refractivity contribution in [3.63, 3.8) is 0 Å². The SMILES string of the molecule is Cc1ccc(Oc2cnc(NCCSCc3csc(CN(C)C)n3)[nH]c2=O)cn1.Cl.Cl.Cl. The summed E-state index contributed by atoms with van der Waals surface area (Å²) in [5, 5.41) is 6.37. The van der Waals surface area contributed by atoms with Crippen LogP contribution in [0.2, 0.25) is 0 Å². The van der Waals surface area contributed by atoms with Crippen molar-refractivity contribution in [2.75, 3.05) is 31.7 Å². The quantitative estimate of drug-likeness (QED) is 0.365. The Bertz CT molecular complexity index is 986. The molecule has 0 unspecified atom stereocenters. The molecule has 0 fully saturated rings. The smallest absolute Gasteiger partial charge is 0.295 e. The van der Waals surface area contributed by atoms with Crippen molar-refractivity contribution in [1.82, 2.24) is 24.8 Å². The third kappa shape index (κ3) is 9.93. The maximum absolute atomic E-state index is 12.2. The van der Waals surface area contributed by atoms with E-state index in [1.165, 1.54) is 6.20 Å². The molecule has 0 saturated heterocycles. The molecule has 0 aliphatic carbocycles. The molecule has 178 valence electrons. The van der Waals surface area contributed by atoms with Crippen molar-refractivity contribution >= 4 is 66.3 Å². The summed E-state index contributed by atoms with van der Waals surface area (Å²) in [5.74, 6) is 2.79. The molecular weight excluding hydrogens is 515 g/mol. The van der Waals surface area contributed by atoms with Gasteiger partial charge in [0, 0.05) is 35.7 Å². The van der Waals surface area contributed by atoms with Crippen molar-refractivity contribution in [2.45, 2.75) is 19.2 Å². The third-order valence-corrected chi connectivity index (χ3v) is 5.59. The fourth-order valence-corrected chi connectivity index (χ4v) is 4.13. The number of H-pyrrole nitrogens is 1. The normalized spacial score (nSPS) is 10.0. The number of aromatic nitrogens is 4. The van der Waals surface area contributed by atoms with Crippen LogP contribution in [-0.2, 0) is 12.3 Å². The van der Waals surface area contributed by atoms with Gasteiger partial charge in [-0.05, 0) is 33.2 Å². The van der Waals surface area contributed by atoms with Crippen LogP contribution < -0.4 is 15.6 Å². The highest BCUT2D eigenvalue weighted by Crippen LogP contribution is 2.18. The van der Waals surface area contributed by atoms with Gasteiger partial charge in [0.2, 0.25) is 11.7 Å². The molecule has 8 nitrogen and oxygen atoms in total. The number of halogens is 3. The Morgan fingerprint density at radius 3 is 2.62 bits per heavy atom. The van der Waals surface area contributed by atoms with Gasteiger partial charge >= 0.3 is 0 Å². The van der Waals surface area contributed by atoms with Gasteiger partial charge in [-0.3, -0.25) is 14.8 Å². The Morgan fingerprint density at radius 1 is 1.19 bits per heavy atom. The van der Waals surface area contributed by atoms with Crippen molar-refractivity contribution in [3.8, 4) is 11.5 Å². The number of anilines is 1. The van der Waals surface area contributed by atoms with Gasteiger partial charge in [-0.25, -0.2) is 9.97 Å². The van der Waals surface area contributed by atoms with E-state index in [0.29, 0.717) is 18.2 Å². The molecule has 0 atom stereocenters. The molecule has 0 bridgehead atoms. The summed E-state index contributed by atoms with van der Waals surface area (Å²) in [7, 11) is 4.08. The second-order valence-corrected chi connectivity index (χ2v) is 8.66. The highest BCUT2D eigenvalue weighted by atomic mass is 35.5. The molecule has 0 saturated carbocycles. The molecule has 0 radical (unpaired) electrons. The van der Waals surface area contributed by atoms with Crippen molar-refractivity contribution in [1.29, 1.82) is 0 Å². The Morgan fingerprint density at radius 2 is 1.97 bits per heavy atom. The molecule has 3 heterocycles. The Labute approximate surface area is 214 Å². The lowest BCUT2D eigenvalue weighted by molar-refractivity contribution is 0.401. The summed E-state index contributed by atoms with van der Waals surface area (Å²) in [6, 6.07) is 3.58. The number of pyridine rings is 1. The molecule has 13 heteroatoms. The first-order chi connectivity index (χ1) is 14.0. The van der Waals surface area contributed by atoms with Gasteiger partial charge in [-0.2, -0.15) is 11.8 Å². The van der Waals surface area contributed by atoms with E-state index < -0.39 is 0 Å². The van der Waals surface area contributed by atoms with E-state index in [0.717, 1.165) is 34.4 Å². The largest absolute Gasteiger partial charge is 0.448 e. The number of thioether (sulfide) groups is 1. The van der Waals surface area contributed by atoms with Crippen molar-refractivity contribution in [2.24, 2.45) is 0 Å². The number of nitrogens with zero attached hydrogens (tertiary/aromatic N) is 4. The van der Waals surface area contributed by atoms with Gasteiger partial charge < -0.3 is 15.0 Å². The zero-order valence-electron chi connectivity index (χ0n) is 17.9. The first kappa shape index (κ1) is 30.4. The van der Waals surface area contributed by atoms with Gasteiger partial charge in [0.1, 0.15) is 10.8 Å². The fraction of sp³-hybridized carbons (Fsp3) is 0.368. The monoisotopic (exact) mass is 540 g/mol. The Kier molecular flexibility index (Phi) is 14.6. The van der Waals surface area contributed by atoms with E-state index in [9.17, 15) is 4.79 Å². The van der Waals surface area contributed by atoms with Gasteiger partial charge in [0.25, 0.3) is 5.56 Å². The number of thiazole rings is 1. The molecule has 0 aliphatic rings. The fourth-order valence-electron chi connectivity index (χ4n) is 2.36. The summed E-state index contributed by atoms with van der Waals surface area (Å²) in [6.45, 7) is 3.44. The van der Waals surface area contributed by atoms with Crippen LogP contribution in [0.1, 0.15) is 16.4 Å². The van der Waals surface area contributed by atoms with Crippen LogP contribution in [0.3, 0.4) is 0 Å². The molecule has 3 rings (SSSR count). The number of rotatable bonds is 10. The van der Waals surface area contributed by atoms with E-state index >= 15 is 0 Å². The lowest BCUT2D eigenvalue weighted by atomic mass is 10.4. The van der Waals surface area contributed by atoms with Crippen LogP contribution in [0.4, 0.5) is 5.95 Å². The molecule has 32 heavy (non-hydrogen) atoms. The third-order valence-electron chi connectivity index (χ3n) is 3.72. The minimum absolute atomic E-state index is 0. The van der Waals surface area contributed by atoms with Crippen LogP contribution >= 0.6 is 60.3 Å². The maximum atomic E-state index is 12.2. The zero-order valence-corrected chi connectivity index (χ0v) is 21.9. The molecule has 3 aromatic heterocycles. The second kappa shape index (κ2) is 15.3. The standard InChI is InChI=1S/C19H24N6O2S2.3ClH/c1-13-4-5-15(8-21-13)27-16-9-22-19(24-18(16)26)20-6-7-28-11-14-12-29-17(23-14)10-25(2)3;;;/h4-5,8-9,12H,6-7,10-11H2,1-3H3,(H2,20,22,24,26);3*1H. The lowest BCUT2D eigenvalue weighted by Gasteiger charge is -2.07. The van der Waals surface area contributed by atoms with Gasteiger partial charge in [0.05, 0.1) is 18.1 Å². The first-order valence-electron chi connectivity index (χ1n) is 9.09. The molecule has 0 aromatic carbocycles. The minimum Gasteiger partial charge on any atom is -0.448 e. The summed E-state index contributed by atoms with van der Waals surface area (Å²) in [5.41, 5.74) is 1.65. The van der Waals surface area contributed by atoms with E-state index in [-0.39, 0.29) is 48.5 Å². The van der Waals surface area contributed by atoms with Crippen molar-refractivity contribution < 1.29 is 4.74 Å². The van der Waals surface area contributed by atoms with Crippen LogP contribution in [0, 0.1) is 6.92 Å². The number of nitrogens with one attached hydrogen (secondary N) is 2. The molecule has 0 amide bonds. The highest BCUT2D eigenvalue weighted by molar-refractivity contribution is 7.98. The lowest BCUT2D eigenvalue weighted by Crippen LogP contribution is -2.15. The van der Waals surface area contributed by atoms with Crippen LogP contribution in [0.5, 0.6) is 11.5 Å². The topological polar surface area (TPSA) is 96.0 Å². The molecule has 3 aromatic rings. The second-order valence-electron chi connectivity index (χ2n) is 6.61. The number of hydrogen-bond donors (Lipinski definition) is 2. The van der Waals surface area contributed by atoms with E-state index in [2.05, 4.69) is 35.5 Å². The maximum Gasteiger partial charge on any atom is 0.295 e. The molecule has 0 aliphatic heterocycles. The van der Waals surface area contributed by atoms with Crippen LogP contribution in [-0.4, -0.2) is 51.2 Å². The Hall–Kier alpha value is -1.56. The summed E-state index contributed by atoms with van der Waals surface area (Å²) >= 11 is 3.48. The summed E-state index contributed by atoms with van der Waals surface area (Å²) in [6.07, 6.45) is 2.99. The average Bonchev–Trinajstić information content (AvgIpc) is 3.12. The molecule has 0 spiro atoms. The average molecular weight is 542 g/mol. The summed E-state index contributed by atoms with van der Waals surface area (Å²) < 4.78 is 5.53. The molecular formula is C19H27Cl3N6O2S2. The van der Waals surface area contributed by atoms with E-state index in [4.69, 9.17) is 4.74 Å². The van der Waals surface area contributed by atoms with Gasteiger partial charge in [-0.1, -0.05) is 0 Å². The number of aromatic amines is 1. The van der Waals surface area contributed by atoms with Crippen LogP contribution in [0.25, 0.3) is 0 Å². The molecule has 2 N–H and O–H groups in total.